The molecule has 1 heterocycles. The Morgan fingerprint density at radius 1 is 1.25 bits per heavy atom. The summed E-state index contributed by atoms with van der Waals surface area (Å²) in [5, 5.41) is 12.5. The number of methoxy groups -OCH3 is 2. The molecule has 4 nitrogen and oxygen atoms in total. The average molecular weight is 293 g/mol. The summed E-state index contributed by atoms with van der Waals surface area (Å²) in [5.41, 5.74) is 6.78. The van der Waals surface area contributed by atoms with Crippen molar-refractivity contribution in [2.45, 2.75) is 12.0 Å². The van der Waals surface area contributed by atoms with Crippen molar-refractivity contribution in [2.75, 3.05) is 20.8 Å². The van der Waals surface area contributed by atoms with Crippen molar-refractivity contribution in [1.29, 1.82) is 0 Å². The molecule has 0 fully saturated rings. The van der Waals surface area contributed by atoms with Crippen molar-refractivity contribution < 1.29 is 14.6 Å². The van der Waals surface area contributed by atoms with Gasteiger partial charge >= 0.3 is 0 Å². The predicted molar refractivity (Wildman–Crippen MR) is 80.6 cm³/mol. The van der Waals surface area contributed by atoms with E-state index < -0.39 is 6.10 Å². The maximum absolute atomic E-state index is 10.6. The van der Waals surface area contributed by atoms with Crippen LogP contribution >= 0.6 is 11.3 Å². The van der Waals surface area contributed by atoms with Crippen molar-refractivity contribution in [3.63, 3.8) is 0 Å². The summed E-state index contributed by atoms with van der Waals surface area (Å²) in [6.07, 6.45) is -0.676. The predicted octanol–water partition coefficient (Wildman–Crippen LogP) is 2.54. The molecule has 0 saturated carbocycles. The molecule has 20 heavy (non-hydrogen) atoms. The van der Waals surface area contributed by atoms with Gasteiger partial charge in [0.05, 0.1) is 20.3 Å². The number of aliphatic hydroxyl groups excluding tert-OH is 1. The van der Waals surface area contributed by atoms with Crippen LogP contribution < -0.4 is 15.2 Å². The van der Waals surface area contributed by atoms with Crippen LogP contribution in [-0.2, 0) is 0 Å². The minimum atomic E-state index is -0.676. The number of hydrogen-bond acceptors (Lipinski definition) is 5. The summed E-state index contributed by atoms with van der Waals surface area (Å²) in [5.74, 6) is 1.28. The fraction of sp³-hybridized carbons (Fsp3) is 0.333. The number of hydrogen-bond donors (Lipinski definition) is 2. The second kappa shape index (κ2) is 6.74. The van der Waals surface area contributed by atoms with Gasteiger partial charge in [-0.05, 0) is 12.1 Å². The molecule has 0 spiro atoms. The van der Waals surface area contributed by atoms with Gasteiger partial charge in [-0.2, -0.15) is 0 Å². The molecule has 3 N–H and O–H groups in total. The third-order valence-corrected chi connectivity index (χ3v) is 4.28. The van der Waals surface area contributed by atoms with Crippen LogP contribution in [0.5, 0.6) is 11.5 Å². The first-order chi connectivity index (χ1) is 9.71. The van der Waals surface area contributed by atoms with E-state index in [9.17, 15) is 5.11 Å². The Kier molecular flexibility index (Phi) is 5.00. The minimum Gasteiger partial charge on any atom is -0.496 e. The summed E-state index contributed by atoms with van der Waals surface area (Å²) in [6.45, 7) is 0.335. The second-order valence-electron chi connectivity index (χ2n) is 4.42. The number of para-hydroxylation sites is 1. The van der Waals surface area contributed by atoms with Gasteiger partial charge in [0.15, 0.2) is 0 Å². The summed E-state index contributed by atoms with van der Waals surface area (Å²) in [7, 11) is 3.23. The third kappa shape index (κ3) is 2.95. The minimum absolute atomic E-state index is 0.213. The van der Waals surface area contributed by atoms with Gasteiger partial charge < -0.3 is 20.3 Å². The quantitative estimate of drug-likeness (QED) is 0.859. The van der Waals surface area contributed by atoms with Crippen molar-refractivity contribution >= 4 is 11.3 Å². The Hall–Kier alpha value is -1.56. The van der Waals surface area contributed by atoms with E-state index in [0.717, 1.165) is 21.9 Å². The highest BCUT2D eigenvalue weighted by Crippen LogP contribution is 2.38. The van der Waals surface area contributed by atoms with Crippen molar-refractivity contribution in [1.82, 2.24) is 0 Å². The molecule has 5 heteroatoms. The molecule has 1 aromatic carbocycles. The van der Waals surface area contributed by atoms with E-state index in [-0.39, 0.29) is 5.92 Å². The molecule has 2 atom stereocenters. The number of thiophene rings is 1. The monoisotopic (exact) mass is 293 g/mol. The zero-order chi connectivity index (χ0) is 14.5. The fourth-order valence-corrected chi connectivity index (χ4v) is 3.10. The Morgan fingerprint density at radius 2 is 2.00 bits per heavy atom. The molecule has 0 bridgehead atoms. The maximum atomic E-state index is 10.6. The molecule has 2 unspecified atom stereocenters. The lowest BCUT2D eigenvalue weighted by molar-refractivity contribution is 0.149. The van der Waals surface area contributed by atoms with E-state index in [2.05, 4.69) is 0 Å². The summed E-state index contributed by atoms with van der Waals surface area (Å²) in [4.78, 5) is 0.836. The number of aliphatic hydroxyl groups is 1. The van der Waals surface area contributed by atoms with Gasteiger partial charge in [-0.15, -0.1) is 11.3 Å². The van der Waals surface area contributed by atoms with E-state index in [1.807, 2.05) is 35.7 Å². The SMILES string of the molecule is COc1csc(C(O)C(CN)c2ccccc2OC)c1. The molecule has 1 aromatic heterocycles. The van der Waals surface area contributed by atoms with Crippen LogP contribution in [0.1, 0.15) is 22.5 Å². The van der Waals surface area contributed by atoms with E-state index in [1.54, 1.807) is 14.2 Å². The Bertz CT molecular complexity index is 556. The smallest absolute Gasteiger partial charge is 0.129 e. The van der Waals surface area contributed by atoms with Gasteiger partial charge in [-0.1, -0.05) is 18.2 Å². The first kappa shape index (κ1) is 14.8. The Labute approximate surface area is 122 Å². The van der Waals surface area contributed by atoms with Crippen LogP contribution in [0.2, 0.25) is 0 Å². The third-order valence-electron chi connectivity index (χ3n) is 3.30. The molecular weight excluding hydrogens is 274 g/mol. The number of ether oxygens (including phenoxy) is 2. The van der Waals surface area contributed by atoms with Gasteiger partial charge in [-0.3, -0.25) is 0 Å². The Morgan fingerprint density at radius 3 is 2.60 bits per heavy atom. The van der Waals surface area contributed by atoms with Crippen molar-refractivity contribution in [3.05, 3.63) is 46.2 Å². The largest absolute Gasteiger partial charge is 0.496 e. The highest BCUT2D eigenvalue weighted by atomic mass is 32.1. The summed E-state index contributed by atoms with van der Waals surface area (Å²) >= 11 is 1.46. The highest BCUT2D eigenvalue weighted by molar-refractivity contribution is 7.10. The summed E-state index contributed by atoms with van der Waals surface area (Å²) < 4.78 is 10.5. The van der Waals surface area contributed by atoms with Gasteiger partial charge in [0, 0.05) is 28.3 Å². The normalized spacial score (nSPS) is 13.8. The van der Waals surface area contributed by atoms with Gasteiger partial charge in [0.1, 0.15) is 11.5 Å². The van der Waals surface area contributed by atoms with E-state index in [4.69, 9.17) is 15.2 Å². The van der Waals surface area contributed by atoms with Crippen LogP contribution in [0.3, 0.4) is 0 Å². The molecule has 0 aliphatic carbocycles. The number of rotatable bonds is 6. The molecule has 0 amide bonds. The van der Waals surface area contributed by atoms with Crippen LogP contribution in [0.4, 0.5) is 0 Å². The van der Waals surface area contributed by atoms with Gasteiger partial charge in [0.25, 0.3) is 0 Å². The molecular formula is C15H19NO3S. The first-order valence-electron chi connectivity index (χ1n) is 6.34. The summed E-state index contributed by atoms with van der Waals surface area (Å²) in [6, 6.07) is 9.47. The standard InChI is InChI=1S/C15H19NO3S/c1-18-10-7-14(20-9-10)15(17)12(8-16)11-5-3-4-6-13(11)19-2/h3-7,9,12,15,17H,8,16H2,1-2H3. The first-order valence-corrected chi connectivity index (χ1v) is 7.22. The van der Waals surface area contributed by atoms with E-state index in [0.29, 0.717) is 6.54 Å². The van der Waals surface area contributed by atoms with Crippen molar-refractivity contribution in [3.8, 4) is 11.5 Å². The van der Waals surface area contributed by atoms with E-state index in [1.165, 1.54) is 11.3 Å². The van der Waals surface area contributed by atoms with Gasteiger partial charge in [-0.25, -0.2) is 0 Å². The molecule has 0 aliphatic rings. The lowest BCUT2D eigenvalue weighted by Gasteiger charge is -2.22. The van der Waals surface area contributed by atoms with E-state index >= 15 is 0 Å². The van der Waals surface area contributed by atoms with Crippen LogP contribution in [0.25, 0.3) is 0 Å². The van der Waals surface area contributed by atoms with Crippen molar-refractivity contribution in [2.24, 2.45) is 5.73 Å². The lowest BCUT2D eigenvalue weighted by Crippen LogP contribution is -2.20. The van der Waals surface area contributed by atoms with Gasteiger partial charge in [0.2, 0.25) is 0 Å². The topological polar surface area (TPSA) is 64.7 Å². The van der Waals surface area contributed by atoms with Crippen LogP contribution in [0, 0.1) is 0 Å². The highest BCUT2D eigenvalue weighted by Gasteiger charge is 2.25. The molecule has 0 saturated heterocycles. The fourth-order valence-electron chi connectivity index (χ4n) is 2.19. The molecule has 2 aromatic rings. The lowest BCUT2D eigenvalue weighted by atomic mass is 9.91. The number of nitrogens with two attached hydrogens (primary N) is 1. The second-order valence-corrected chi connectivity index (χ2v) is 5.36. The molecule has 2 rings (SSSR count). The van der Waals surface area contributed by atoms with Crippen LogP contribution in [-0.4, -0.2) is 25.9 Å². The zero-order valence-corrected chi connectivity index (χ0v) is 12.4. The molecule has 108 valence electrons. The maximum Gasteiger partial charge on any atom is 0.129 e. The van der Waals surface area contributed by atoms with Crippen LogP contribution in [0.15, 0.2) is 35.7 Å². The number of benzene rings is 1. The zero-order valence-electron chi connectivity index (χ0n) is 11.6. The average Bonchev–Trinajstić information content (AvgIpc) is 2.97. The Balaban J connectivity index is 2.31. The molecule has 0 aliphatic heterocycles. The molecule has 0 radical (unpaired) electrons.